The summed E-state index contributed by atoms with van der Waals surface area (Å²) in [6.45, 7) is 2.03. The number of carbonyl (C=O) groups excluding carboxylic acids is 1. The number of nitriles is 1. The maximum Gasteiger partial charge on any atom is 0.236 e. The van der Waals surface area contributed by atoms with Crippen molar-refractivity contribution in [1.29, 1.82) is 5.26 Å². The van der Waals surface area contributed by atoms with E-state index in [1.165, 1.54) is 40.4 Å². The Balaban J connectivity index is 1.28. The topological polar surface area (TPSA) is 109 Å². The second-order valence-electron chi connectivity index (χ2n) is 6.63. The van der Waals surface area contributed by atoms with E-state index in [0.29, 0.717) is 21.6 Å². The molecule has 8 nitrogen and oxygen atoms in total. The summed E-state index contributed by atoms with van der Waals surface area (Å²) in [5.74, 6) is 0.699. The average Bonchev–Trinajstić information content (AvgIpc) is 3.46. The lowest BCUT2D eigenvalue weighted by Gasteiger charge is -2.06. The fourth-order valence-corrected chi connectivity index (χ4v) is 5.08. The van der Waals surface area contributed by atoms with E-state index >= 15 is 0 Å². The van der Waals surface area contributed by atoms with Gasteiger partial charge in [0.15, 0.2) is 9.50 Å². The maximum absolute atomic E-state index is 12.4. The van der Waals surface area contributed by atoms with E-state index in [4.69, 9.17) is 5.26 Å². The predicted octanol–water partition coefficient (Wildman–Crippen LogP) is 4.32. The van der Waals surface area contributed by atoms with Crippen molar-refractivity contribution >= 4 is 45.9 Å². The molecule has 2 aromatic heterocycles. The summed E-state index contributed by atoms with van der Waals surface area (Å²) in [4.78, 5) is 12.4. The van der Waals surface area contributed by atoms with Gasteiger partial charge in [0, 0.05) is 11.4 Å². The minimum absolute atomic E-state index is 0.178. The van der Waals surface area contributed by atoms with Gasteiger partial charge in [-0.05, 0) is 36.8 Å². The molecule has 0 spiro atoms. The first-order valence-corrected chi connectivity index (χ1v) is 12.2. The number of aryl methyl sites for hydroxylation is 1. The number of nitrogens with one attached hydrogen (secondary N) is 1. The van der Waals surface area contributed by atoms with Gasteiger partial charge >= 0.3 is 0 Å². The number of benzene rings is 2. The van der Waals surface area contributed by atoms with Gasteiger partial charge < -0.3 is 0 Å². The fraction of sp³-hybridized carbons (Fsp3) is 0.143. The van der Waals surface area contributed by atoms with Crippen LogP contribution >= 0.6 is 34.9 Å². The van der Waals surface area contributed by atoms with Gasteiger partial charge in [-0.3, -0.25) is 14.7 Å². The van der Waals surface area contributed by atoms with Crippen molar-refractivity contribution in [2.24, 2.45) is 0 Å². The lowest BCUT2D eigenvalue weighted by atomic mass is 10.2. The Morgan fingerprint density at radius 1 is 1.09 bits per heavy atom. The first-order chi connectivity index (χ1) is 15.6. The van der Waals surface area contributed by atoms with Crippen LogP contribution in [0.4, 0.5) is 5.13 Å². The summed E-state index contributed by atoms with van der Waals surface area (Å²) in [5.41, 5.74) is 3.83. The normalized spacial score (nSPS) is 10.6. The Morgan fingerprint density at radius 2 is 1.88 bits per heavy atom. The highest BCUT2D eigenvalue weighted by Crippen LogP contribution is 2.28. The molecule has 0 aliphatic rings. The maximum atomic E-state index is 12.4. The number of thioether (sulfide) groups is 2. The van der Waals surface area contributed by atoms with Crippen LogP contribution in [0.1, 0.15) is 16.7 Å². The molecule has 2 heterocycles. The Hall–Kier alpha value is -3.20. The molecule has 2 aromatic carbocycles. The second kappa shape index (κ2) is 10.4. The largest absolute Gasteiger partial charge is 0.300 e. The summed E-state index contributed by atoms with van der Waals surface area (Å²) < 4.78 is 2.61. The molecule has 0 aliphatic carbocycles. The highest BCUT2D eigenvalue weighted by atomic mass is 32.2. The summed E-state index contributed by atoms with van der Waals surface area (Å²) in [6, 6.07) is 17.5. The molecule has 0 fully saturated rings. The fourth-order valence-electron chi connectivity index (χ4n) is 2.63. The molecule has 0 atom stereocenters. The zero-order valence-electron chi connectivity index (χ0n) is 16.9. The first-order valence-electron chi connectivity index (χ1n) is 9.46. The molecular formula is C21H17N7OS3. The number of rotatable bonds is 8. The smallest absolute Gasteiger partial charge is 0.236 e. The lowest BCUT2D eigenvalue weighted by molar-refractivity contribution is -0.113. The Bertz CT molecular complexity index is 1240. The van der Waals surface area contributed by atoms with Gasteiger partial charge in [-0.15, -0.1) is 20.4 Å². The highest BCUT2D eigenvalue weighted by Gasteiger charge is 2.13. The molecule has 1 amide bonds. The molecule has 0 radical (unpaired) electrons. The Morgan fingerprint density at radius 3 is 2.62 bits per heavy atom. The number of aromatic nitrogens is 5. The molecule has 0 bridgehead atoms. The van der Waals surface area contributed by atoms with E-state index in [1.54, 1.807) is 18.5 Å². The summed E-state index contributed by atoms with van der Waals surface area (Å²) in [7, 11) is 0. The second-order valence-corrected chi connectivity index (χ2v) is 9.77. The van der Waals surface area contributed by atoms with E-state index in [0.717, 1.165) is 15.6 Å². The summed E-state index contributed by atoms with van der Waals surface area (Å²) >= 11 is 4.16. The molecule has 160 valence electrons. The molecule has 32 heavy (non-hydrogen) atoms. The standard InChI is InChI=1S/C21H17N7OS3/c1-14-2-8-17(9-3-14)28-13-23-26-20(28)30-12-18(29)24-19-25-27-21(32-19)31-11-16-6-4-15(10-22)5-7-16/h2-9,13H,11-12H2,1H3,(H,24,25,29). The van der Waals surface area contributed by atoms with Gasteiger partial charge in [-0.1, -0.05) is 64.7 Å². The predicted molar refractivity (Wildman–Crippen MR) is 126 cm³/mol. The van der Waals surface area contributed by atoms with Gasteiger partial charge in [-0.2, -0.15) is 5.26 Å². The Labute approximate surface area is 197 Å². The molecule has 0 saturated carbocycles. The minimum Gasteiger partial charge on any atom is -0.300 e. The van der Waals surface area contributed by atoms with Crippen molar-refractivity contribution in [3.63, 3.8) is 0 Å². The van der Waals surface area contributed by atoms with Gasteiger partial charge in [0.1, 0.15) is 6.33 Å². The third-order valence-corrected chi connectivity index (χ3v) is 7.25. The SMILES string of the molecule is Cc1ccc(-n2cnnc2SCC(=O)Nc2nnc(SCc3ccc(C#N)cc3)s2)cc1. The molecular weight excluding hydrogens is 462 g/mol. The van der Waals surface area contributed by atoms with Gasteiger partial charge in [0.25, 0.3) is 0 Å². The van der Waals surface area contributed by atoms with Gasteiger partial charge in [0.05, 0.1) is 17.4 Å². The highest BCUT2D eigenvalue weighted by molar-refractivity contribution is 8.00. The van der Waals surface area contributed by atoms with Crippen molar-refractivity contribution in [2.75, 3.05) is 11.1 Å². The van der Waals surface area contributed by atoms with E-state index in [2.05, 4.69) is 31.8 Å². The molecule has 0 unspecified atom stereocenters. The van der Waals surface area contributed by atoms with E-state index < -0.39 is 0 Å². The average molecular weight is 480 g/mol. The van der Waals surface area contributed by atoms with Gasteiger partial charge in [0.2, 0.25) is 11.0 Å². The Kier molecular flexibility index (Phi) is 7.16. The van der Waals surface area contributed by atoms with Crippen LogP contribution in [0, 0.1) is 18.3 Å². The van der Waals surface area contributed by atoms with Crippen LogP contribution in [0.25, 0.3) is 5.69 Å². The molecule has 0 saturated heterocycles. The van der Waals surface area contributed by atoms with Crippen molar-refractivity contribution < 1.29 is 4.79 Å². The summed E-state index contributed by atoms with van der Waals surface area (Å²) in [5, 5.41) is 29.0. The number of anilines is 1. The third-order valence-electron chi connectivity index (χ3n) is 4.26. The summed E-state index contributed by atoms with van der Waals surface area (Å²) in [6.07, 6.45) is 1.63. The minimum atomic E-state index is -0.187. The third kappa shape index (κ3) is 5.73. The quantitative estimate of drug-likeness (QED) is 0.294. The van der Waals surface area contributed by atoms with Crippen LogP contribution < -0.4 is 5.32 Å². The van der Waals surface area contributed by atoms with Crippen molar-refractivity contribution in [3.8, 4) is 11.8 Å². The van der Waals surface area contributed by atoms with E-state index in [9.17, 15) is 4.79 Å². The van der Waals surface area contributed by atoms with Crippen molar-refractivity contribution in [2.45, 2.75) is 22.2 Å². The van der Waals surface area contributed by atoms with Crippen LogP contribution in [-0.4, -0.2) is 36.6 Å². The molecule has 1 N–H and O–H groups in total. The van der Waals surface area contributed by atoms with Crippen molar-refractivity contribution in [3.05, 3.63) is 71.5 Å². The molecule has 0 aliphatic heterocycles. The number of nitrogens with zero attached hydrogens (tertiary/aromatic N) is 6. The zero-order valence-corrected chi connectivity index (χ0v) is 19.4. The van der Waals surface area contributed by atoms with E-state index in [-0.39, 0.29) is 11.7 Å². The number of hydrogen-bond donors (Lipinski definition) is 1. The van der Waals surface area contributed by atoms with Crippen LogP contribution in [-0.2, 0) is 10.5 Å². The van der Waals surface area contributed by atoms with Crippen LogP contribution in [0.5, 0.6) is 0 Å². The first kappa shape index (κ1) is 22.0. The molecule has 4 rings (SSSR count). The van der Waals surface area contributed by atoms with Crippen LogP contribution in [0.2, 0.25) is 0 Å². The van der Waals surface area contributed by atoms with Crippen LogP contribution in [0.15, 0.2) is 64.4 Å². The molecule has 4 aromatic rings. The lowest BCUT2D eigenvalue weighted by Crippen LogP contribution is -2.14. The van der Waals surface area contributed by atoms with E-state index in [1.807, 2.05) is 47.9 Å². The van der Waals surface area contributed by atoms with Crippen molar-refractivity contribution in [1.82, 2.24) is 25.0 Å². The number of carbonyl (C=O) groups is 1. The monoisotopic (exact) mass is 479 g/mol. The zero-order chi connectivity index (χ0) is 22.3. The number of hydrogen-bond acceptors (Lipinski definition) is 9. The van der Waals surface area contributed by atoms with Crippen LogP contribution in [0.3, 0.4) is 0 Å². The number of amides is 1. The molecule has 11 heteroatoms. The van der Waals surface area contributed by atoms with Gasteiger partial charge in [-0.25, -0.2) is 0 Å².